The van der Waals surface area contributed by atoms with E-state index in [4.69, 9.17) is 11.6 Å². The van der Waals surface area contributed by atoms with Crippen LogP contribution in [0.25, 0.3) is 16.4 Å². The van der Waals surface area contributed by atoms with Crippen molar-refractivity contribution in [3.63, 3.8) is 0 Å². The van der Waals surface area contributed by atoms with Crippen LogP contribution in [0.4, 0.5) is 13.2 Å². The predicted octanol–water partition coefficient (Wildman–Crippen LogP) is 6.04. The van der Waals surface area contributed by atoms with Crippen LogP contribution in [0.15, 0.2) is 46.4 Å². The molecule has 2 nitrogen and oxygen atoms in total. The second kappa shape index (κ2) is 5.72. The first-order chi connectivity index (χ1) is 10.4. The third-order valence-electron chi connectivity index (χ3n) is 2.90. The lowest BCUT2D eigenvalue weighted by Crippen LogP contribution is -2.04. The highest BCUT2D eigenvalue weighted by molar-refractivity contribution is 9.11. The molecule has 0 aliphatic carbocycles. The van der Waals surface area contributed by atoms with Gasteiger partial charge in [-0.3, -0.25) is 4.57 Å². The normalized spacial score (nSPS) is 11.9. The molecule has 0 spiro atoms. The second-order valence-electron chi connectivity index (χ2n) is 4.37. The highest BCUT2D eigenvalue weighted by atomic mass is 79.9. The highest BCUT2D eigenvalue weighted by Crippen LogP contribution is 2.37. The van der Waals surface area contributed by atoms with E-state index in [9.17, 15) is 13.2 Å². The molecule has 3 rings (SSSR count). The zero-order valence-electron chi connectivity index (χ0n) is 10.7. The number of thiophene rings is 1. The van der Waals surface area contributed by atoms with Crippen molar-refractivity contribution in [2.45, 2.75) is 6.18 Å². The Balaban J connectivity index is 2.24. The summed E-state index contributed by atoms with van der Waals surface area (Å²) in [6.07, 6.45) is -3.56. The van der Waals surface area contributed by atoms with Crippen molar-refractivity contribution >= 4 is 38.9 Å². The second-order valence-corrected chi connectivity index (χ2v) is 7.24. The smallest absolute Gasteiger partial charge is 0.297 e. The monoisotopic (exact) mass is 406 g/mol. The number of alkyl halides is 3. The maximum Gasteiger partial charge on any atom is 0.434 e. The van der Waals surface area contributed by atoms with Gasteiger partial charge in [0, 0.05) is 6.20 Å². The predicted molar refractivity (Wildman–Crippen MR) is 84.6 cm³/mol. The average molecular weight is 408 g/mol. The summed E-state index contributed by atoms with van der Waals surface area (Å²) in [5.41, 5.74) is -0.501. The minimum Gasteiger partial charge on any atom is -0.297 e. The van der Waals surface area contributed by atoms with Crippen molar-refractivity contribution in [3.05, 3.63) is 57.1 Å². The van der Waals surface area contributed by atoms with Gasteiger partial charge in [-0.15, -0.1) is 11.3 Å². The van der Waals surface area contributed by atoms with E-state index in [0.29, 0.717) is 15.6 Å². The molecule has 0 amide bonds. The van der Waals surface area contributed by atoms with Gasteiger partial charge in [0.05, 0.1) is 19.4 Å². The number of rotatable bonds is 2. The number of hydrogen-bond donors (Lipinski definition) is 0. The van der Waals surface area contributed by atoms with Crippen molar-refractivity contribution in [1.29, 1.82) is 0 Å². The van der Waals surface area contributed by atoms with Crippen LogP contribution in [0.2, 0.25) is 5.02 Å². The van der Waals surface area contributed by atoms with Crippen molar-refractivity contribution in [3.8, 4) is 16.4 Å². The molecule has 114 valence electrons. The van der Waals surface area contributed by atoms with Crippen LogP contribution in [0.5, 0.6) is 0 Å². The summed E-state index contributed by atoms with van der Waals surface area (Å²) in [4.78, 5) is 4.36. The van der Waals surface area contributed by atoms with Gasteiger partial charge in [-0.05, 0) is 40.2 Å². The van der Waals surface area contributed by atoms with Crippen molar-refractivity contribution in [2.75, 3.05) is 0 Å². The molecule has 8 heteroatoms. The molecule has 0 N–H and O–H groups in total. The summed E-state index contributed by atoms with van der Waals surface area (Å²) in [7, 11) is 0. The van der Waals surface area contributed by atoms with Gasteiger partial charge in [-0.2, -0.15) is 13.2 Å². The molecular weight excluding hydrogens is 401 g/mol. The quantitative estimate of drug-likeness (QED) is 0.507. The Bertz CT molecular complexity index is 826. The van der Waals surface area contributed by atoms with E-state index in [0.717, 1.165) is 9.98 Å². The largest absolute Gasteiger partial charge is 0.434 e. The lowest BCUT2D eigenvalue weighted by Gasteiger charge is -2.08. The van der Waals surface area contributed by atoms with Crippen LogP contribution in [0, 0.1) is 0 Å². The first kappa shape index (κ1) is 15.6. The summed E-state index contributed by atoms with van der Waals surface area (Å²) in [6.45, 7) is 0. The maximum atomic E-state index is 13.0. The molecule has 1 aromatic carbocycles. The number of halogens is 5. The summed E-state index contributed by atoms with van der Waals surface area (Å²) >= 11 is 10.7. The topological polar surface area (TPSA) is 17.8 Å². The Hall–Kier alpha value is -1.31. The Morgan fingerprint density at radius 2 is 1.86 bits per heavy atom. The lowest BCUT2D eigenvalue weighted by atomic mass is 10.3. The molecule has 0 fully saturated rings. The van der Waals surface area contributed by atoms with Crippen LogP contribution in [0.3, 0.4) is 0 Å². The van der Waals surface area contributed by atoms with Crippen LogP contribution < -0.4 is 0 Å². The molecule has 0 bridgehead atoms. The number of aromatic nitrogens is 2. The zero-order valence-corrected chi connectivity index (χ0v) is 13.9. The fourth-order valence-corrected chi connectivity index (χ4v) is 3.56. The van der Waals surface area contributed by atoms with Crippen molar-refractivity contribution in [1.82, 2.24) is 9.55 Å². The van der Waals surface area contributed by atoms with Gasteiger partial charge >= 0.3 is 6.18 Å². The molecule has 0 saturated carbocycles. The highest BCUT2D eigenvalue weighted by Gasteiger charge is 2.35. The van der Waals surface area contributed by atoms with Crippen molar-refractivity contribution in [2.24, 2.45) is 0 Å². The van der Waals surface area contributed by atoms with E-state index in [1.54, 1.807) is 36.4 Å². The Kier molecular flexibility index (Phi) is 4.05. The summed E-state index contributed by atoms with van der Waals surface area (Å²) in [6, 6.07) is 10.2. The van der Waals surface area contributed by atoms with E-state index in [1.165, 1.54) is 15.9 Å². The van der Waals surface area contributed by atoms with E-state index < -0.39 is 11.9 Å². The summed E-state index contributed by atoms with van der Waals surface area (Å²) in [5, 5.41) is 0.352. The minimum absolute atomic E-state index is 0.205. The molecular formula is C14H7BrClF3N2S. The van der Waals surface area contributed by atoms with Crippen molar-refractivity contribution < 1.29 is 13.2 Å². The van der Waals surface area contributed by atoms with Crippen LogP contribution in [0.1, 0.15) is 5.69 Å². The van der Waals surface area contributed by atoms with E-state index >= 15 is 0 Å². The molecule has 0 saturated heterocycles. The third-order valence-corrected chi connectivity index (χ3v) is 4.84. The van der Waals surface area contributed by atoms with Crippen LogP contribution >= 0.6 is 38.9 Å². The molecule has 0 aliphatic heterocycles. The third kappa shape index (κ3) is 2.93. The lowest BCUT2D eigenvalue weighted by molar-refractivity contribution is -0.140. The number of hydrogen-bond acceptors (Lipinski definition) is 2. The summed E-state index contributed by atoms with van der Waals surface area (Å²) < 4.78 is 41.2. The van der Waals surface area contributed by atoms with Gasteiger partial charge in [0.25, 0.3) is 0 Å². The maximum absolute atomic E-state index is 13.0. The minimum atomic E-state index is -4.52. The number of benzene rings is 1. The Morgan fingerprint density at radius 1 is 1.14 bits per heavy atom. The molecule has 0 radical (unpaired) electrons. The molecule has 3 aromatic rings. The molecule has 22 heavy (non-hydrogen) atoms. The van der Waals surface area contributed by atoms with Gasteiger partial charge in [-0.1, -0.05) is 23.7 Å². The molecule has 0 atom stereocenters. The number of imidazole rings is 1. The van der Waals surface area contributed by atoms with Crippen LogP contribution in [-0.4, -0.2) is 9.55 Å². The van der Waals surface area contributed by atoms with Gasteiger partial charge in [-0.25, -0.2) is 4.98 Å². The standard InChI is InChI=1S/C14H7BrClF3N2S/c15-12-6-5-10(22-12)13-20-11(14(17,18)19)7-21(13)9-4-2-1-3-8(9)16/h1-7H. The number of nitrogens with zero attached hydrogens (tertiary/aromatic N) is 2. The van der Waals surface area contributed by atoms with E-state index in [1.807, 2.05) is 0 Å². The molecule has 2 aromatic heterocycles. The average Bonchev–Trinajstić information content (AvgIpc) is 3.04. The first-order valence-corrected chi connectivity index (χ1v) is 8.02. The summed E-state index contributed by atoms with van der Waals surface area (Å²) in [5.74, 6) is 0.205. The SMILES string of the molecule is FC(F)(F)c1cn(-c2ccccc2Cl)c(-c2ccc(Br)s2)n1. The Morgan fingerprint density at radius 3 is 2.45 bits per heavy atom. The zero-order chi connectivity index (χ0) is 15.9. The molecule has 2 heterocycles. The molecule has 0 unspecified atom stereocenters. The number of para-hydroxylation sites is 1. The Labute approximate surface area is 141 Å². The van der Waals surface area contributed by atoms with E-state index in [-0.39, 0.29) is 5.82 Å². The molecule has 0 aliphatic rings. The van der Waals surface area contributed by atoms with Gasteiger partial charge in [0.2, 0.25) is 0 Å². The van der Waals surface area contributed by atoms with Crippen LogP contribution in [-0.2, 0) is 6.18 Å². The van der Waals surface area contributed by atoms with Gasteiger partial charge in [0.15, 0.2) is 11.5 Å². The fraction of sp³-hybridized carbons (Fsp3) is 0.0714. The van der Waals surface area contributed by atoms with Gasteiger partial charge < -0.3 is 0 Å². The first-order valence-electron chi connectivity index (χ1n) is 6.03. The fourth-order valence-electron chi connectivity index (χ4n) is 1.96. The van der Waals surface area contributed by atoms with Gasteiger partial charge in [0.1, 0.15) is 0 Å². The van der Waals surface area contributed by atoms with E-state index in [2.05, 4.69) is 20.9 Å².